The van der Waals surface area contributed by atoms with Crippen molar-refractivity contribution < 1.29 is 0 Å². The standard InChI is InChI=1S/C40H30N2S/c41-35-23-19-29(20-24-35)27-11-15-33(16-12-27)39-37(31-7-3-1-4-8-31)38(32-9-5-2-6-10-32)40(43-39)34-17-13-28(14-18-34)30-21-25-36(42)26-22-30/h1-26H,41-42H2. The Bertz CT molecular complexity index is 1830. The number of nitrogen functional groups attached to an aromatic ring is 2. The van der Waals surface area contributed by atoms with Crippen molar-refractivity contribution in [3.63, 3.8) is 0 Å². The Morgan fingerprint density at radius 2 is 0.558 bits per heavy atom. The molecule has 3 heteroatoms. The van der Waals surface area contributed by atoms with Crippen molar-refractivity contribution >= 4 is 22.7 Å². The summed E-state index contributed by atoms with van der Waals surface area (Å²) in [6.07, 6.45) is 0. The summed E-state index contributed by atoms with van der Waals surface area (Å²) in [4.78, 5) is 2.51. The van der Waals surface area contributed by atoms with Gasteiger partial charge >= 0.3 is 0 Å². The number of rotatable bonds is 6. The minimum absolute atomic E-state index is 0.772. The Morgan fingerprint density at radius 1 is 0.279 bits per heavy atom. The molecule has 2 nitrogen and oxygen atoms in total. The summed E-state index contributed by atoms with van der Waals surface area (Å²) in [5, 5.41) is 0. The third-order valence-corrected chi connectivity index (χ3v) is 9.10. The van der Waals surface area contributed by atoms with E-state index in [4.69, 9.17) is 11.5 Å². The molecule has 0 aliphatic carbocycles. The number of thiophene rings is 1. The molecular weight excluding hydrogens is 541 g/mol. The molecule has 1 aromatic heterocycles. The van der Waals surface area contributed by atoms with Crippen molar-refractivity contribution in [2.24, 2.45) is 0 Å². The highest BCUT2D eigenvalue weighted by molar-refractivity contribution is 7.20. The van der Waals surface area contributed by atoms with E-state index < -0.39 is 0 Å². The Balaban J connectivity index is 1.40. The van der Waals surface area contributed by atoms with Gasteiger partial charge in [0.1, 0.15) is 0 Å². The maximum absolute atomic E-state index is 5.93. The fraction of sp³-hybridized carbons (Fsp3) is 0. The van der Waals surface area contributed by atoms with Gasteiger partial charge in [-0.15, -0.1) is 11.3 Å². The SMILES string of the molecule is Nc1ccc(-c2ccc(-c3sc(-c4ccc(-c5ccc(N)cc5)cc4)c(-c4ccccc4)c3-c3ccccc3)cc2)cc1. The molecule has 7 rings (SSSR count). The summed E-state index contributed by atoms with van der Waals surface area (Å²) in [7, 11) is 0. The molecule has 0 unspecified atom stereocenters. The summed E-state index contributed by atoms with van der Waals surface area (Å²) >= 11 is 1.86. The lowest BCUT2D eigenvalue weighted by Gasteiger charge is -2.11. The average molecular weight is 571 g/mol. The van der Waals surface area contributed by atoms with Crippen LogP contribution in [0.4, 0.5) is 11.4 Å². The van der Waals surface area contributed by atoms with Crippen LogP contribution in [0.25, 0.3) is 65.4 Å². The average Bonchev–Trinajstić information content (AvgIpc) is 3.47. The molecule has 0 saturated heterocycles. The molecule has 0 radical (unpaired) electrons. The fourth-order valence-electron chi connectivity index (χ4n) is 5.58. The Morgan fingerprint density at radius 3 is 0.884 bits per heavy atom. The van der Waals surface area contributed by atoms with Crippen molar-refractivity contribution in [3.8, 4) is 65.4 Å². The van der Waals surface area contributed by atoms with Crippen molar-refractivity contribution in [2.75, 3.05) is 11.5 Å². The Hall–Kier alpha value is -5.38. The van der Waals surface area contributed by atoms with E-state index in [1.165, 1.54) is 54.3 Å². The van der Waals surface area contributed by atoms with Crippen LogP contribution in [-0.4, -0.2) is 0 Å². The number of hydrogen-bond donors (Lipinski definition) is 2. The van der Waals surface area contributed by atoms with E-state index in [1.54, 1.807) is 0 Å². The number of benzene rings is 6. The minimum Gasteiger partial charge on any atom is -0.399 e. The van der Waals surface area contributed by atoms with Gasteiger partial charge in [-0.2, -0.15) is 0 Å². The highest BCUT2D eigenvalue weighted by Crippen LogP contribution is 2.52. The van der Waals surface area contributed by atoms with E-state index in [-0.39, 0.29) is 0 Å². The molecular formula is C40H30N2S. The molecule has 206 valence electrons. The molecule has 0 saturated carbocycles. The van der Waals surface area contributed by atoms with Gasteiger partial charge in [-0.1, -0.05) is 133 Å². The zero-order chi connectivity index (χ0) is 29.2. The summed E-state index contributed by atoms with van der Waals surface area (Å²) in [6, 6.07) is 55.4. The van der Waals surface area contributed by atoms with Gasteiger partial charge in [0, 0.05) is 32.3 Å². The Labute approximate surface area is 256 Å². The number of nitrogens with two attached hydrogens (primary N) is 2. The van der Waals surface area contributed by atoms with Crippen LogP contribution in [0.15, 0.2) is 158 Å². The van der Waals surface area contributed by atoms with Crippen molar-refractivity contribution in [1.29, 1.82) is 0 Å². The lowest BCUT2D eigenvalue weighted by Crippen LogP contribution is -1.87. The monoisotopic (exact) mass is 570 g/mol. The molecule has 0 bridgehead atoms. The summed E-state index contributed by atoms with van der Waals surface area (Å²) in [6.45, 7) is 0. The summed E-state index contributed by atoms with van der Waals surface area (Å²) in [5.41, 5.74) is 25.4. The van der Waals surface area contributed by atoms with E-state index in [0.717, 1.165) is 22.5 Å². The van der Waals surface area contributed by atoms with Gasteiger partial charge in [0.2, 0.25) is 0 Å². The van der Waals surface area contributed by atoms with Gasteiger partial charge < -0.3 is 11.5 Å². The van der Waals surface area contributed by atoms with Crippen molar-refractivity contribution in [3.05, 3.63) is 158 Å². The zero-order valence-corrected chi connectivity index (χ0v) is 24.4. The molecule has 0 amide bonds. The van der Waals surface area contributed by atoms with Crippen molar-refractivity contribution in [2.45, 2.75) is 0 Å². The quantitative estimate of drug-likeness (QED) is 0.195. The van der Waals surface area contributed by atoms with Crippen LogP contribution >= 0.6 is 11.3 Å². The number of anilines is 2. The van der Waals surface area contributed by atoms with Crippen molar-refractivity contribution in [1.82, 2.24) is 0 Å². The first-order valence-corrected chi connectivity index (χ1v) is 15.2. The van der Waals surface area contributed by atoms with Crippen LogP contribution < -0.4 is 11.5 Å². The molecule has 0 fully saturated rings. The van der Waals surface area contributed by atoms with Gasteiger partial charge in [0.15, 0.2) is 0 Å². The minimum atomic E-state index is 0.772. The number of hydrogen-bond acceptors (Lipinski definition) is 3. The first-order chi connectivity index (χ1) is 21.1. The fourth-order valence-corrected chi connectivity index (χ4v) is 6.93. The highest BCUT2D eigenvalue weighted by atomic mass is 32.1. The van der Waals surface area contributed by atoms with Crippen LogP contribution in [0.1, 0.15) is 0 Å². The van der Waals surface area contributed by atoms with E-state index >= 15 is 0 Å². The van der Waals surface area contributed by atoms with Gasteiger partial charge in [0.25, 0.3) is 0 Å². The van der Waals surface area contributed by atoms with E-state index in [1.807, 2.05) is 35.6 Å². The maximum atomic E-state index is 5.93. The second-order valence-electron chi connectivity index (χ2n) is 10.6. The molecule has 4 N–H and O–H groups in total. The second-order valence-corrected chi connectivity index (χ2v) is 11.7. The van der Waals surface area contributed by atoms with Gasteiger partial charge in [-0.3, -0.25) is 0 Å². The smallest absolute Gasteiger partial charge is 0.0434 e. The molecule has 0 atom stereocenters. The third-order valence-electron chi connectivity index (χ3n) is 7.82. The van der Waals surface area contributed by atoms with E-state index in [0.29, 0.717) is 0 Å². The zero-order valence-electron chi connectivity index (χ0n) is 23.6. The predicted octanol–water partition coefficient (Wildman–Crippen LogP) is 10.9. The van der Waals surface area contributed by atoms with E-state index in [9.17, 15) is 0 Å². The molecule has 7 aromatic rings. The van der Waals surface area contributed by atoms with Gasteiger partial charge in [-0.25, -0.2) is 0 Å². The second kappa shape index (κ2) is 11.5. The van der Waals surface area contributed by atoms with Crippen LogP contribution in [0.5, 0.6) is 0 Å². The predicted molar refractivity (Wildman–Crippen MR) is 186 cm³/mol. The largest absolute Gasteiger partial charge is 0.399 e. The van der Waals surface area contributed by atoms with Crippen LogP contribution in [0.3, 0.4) is 0 Å². The first kappa shape index (κ1) is 26.5. The summed E-state index contributed by atoms with van der Waals surface area (Å²) < 4.78 is 0. The topological polar surface area (TPSA) is 52.0 Å². The maximum Gasteiger partial charge on any atom is 0.0434 e. The molecule has 1 heterocycles. The molecule has 0 aliphatic rings. The molecule has 43 heavy (non-hydrogen) atoms. The van der Waals surface area contributed by atoms with E-state index in [2.05, 4.69) is 133 Å². The van der Waals surface area contributed by atoms with Gasteiger partial charge in [-0.05, 0) is 68.8 Å². The molecule has 0 aliphatic heterocycles. The van der Waals surface area contributed by atoms with Crippen LogP contribution in [0, 0.1) is 0 Å². The first-order valence-electron chi connectivity index (χ1n) is 14.3. The highest BCUT2D eigenvalue weighted by Gasteiger charge is 2.23. The Kier molecular flexibility index (Phi) is 7.08. The van der Waals surface area contributed by atoms with Crippen LogP contribution in [-0.2, 0) is 0 Å². The molecule has 6 aromatic carbocycles. The lowest BCUT2D eigenvalue weighted by molar-refractivity contribution is 1.59. The normalized spacial score (nSPS) is 11.0. The summed E-state index contributed by atoms with van der Waals surface area (Å²) in [5.74, 6) is 0. The van der Waals surface area contributed by atoms with Crippen LogP contribution in [0.2, 0.25) is 0 Å². The van der Waals surface area contributed by atoms with Gasteiger partial charge in [0.05, 0.1) is 0 Å². The molecule has 0 spiro atoms. The lowest BCUT2D eigenvalue weighted by atomic mass is 9.91. The third kappa shape index (κ3) is 5.34.